The highest BCUT2D eigenvalue weighted by molar-refractivity contribution is 5.62. The van der Waals surface area contributed by atoms with Crippen LogP contribution in [0.15, 0.2) is 60.9 Å². The molecular weight excluding hydrogens is 310 g/mol. The van der Waals surface area contributed by atoms with Crippen LogP contribution >= 0.6 is 0 Å². The fraction of sp³-hybridized carbons (Fsp3) is 0.200. The first-order valence-electron chi connectivity index (χ1n) is 8.26. The molecule has 0 saturated heterocycles. The van der Waals surface area contributed by atoms with E-state index in [1.165, 1.54) is 11.1 Å². The van der Waals surface area contributed by atoms with Gasteiger partial charge in [-0.2, -0.15) is 0 Å². The number of aryl methyl sites for hydroxylation is 1. The molecule has 0 spiro atoms. The largest absolute Gasteiger partial charge is 0.378 e. The molecule has 0 fully saturated rings. The Bertz CT molecular complexity index is 810. The molecule has 3 aromatic rings. The smallest absolute Gasteiger partial charge is 0.135 e. The van der Waals surface area contributed by atoms with Crippen molar-refractivity contribution in [2.24, 2.45) is 0 Å². The van der Waals surface area contributed by atoms with Crippen molar-refractivity contribution in [2.45, 2.75) is 13.5 Å². The standard InChI is InChI=1S/C20H23N5/c1-15-4-6-16(7-5-15)13-21-19-12-20(23-14-22-19)24-17-8-10-18(11-9-17)25(2)3/h4-12,14H,13H2,1-3H3,(H2,21,22,23,24). The summed E-state index contributed by atoms with van der Waals surface area (Å²) in [4.78, 5) is 10.6. The monoisotopic (exact) mass is 333 g/mol. The van der Waals surface area contributed by atoms with Gasteiger partial charge in [0.15, 0.2) is 0 Å². The van der Waals surface area contributed by atoms with Crippen molar-refractivity contribution in [1.29, 1.82) is 0 Å². The van der Waals surface area contributed by atoms with Crippen molar-refractivity contribution in [3.05, 3.63) is 72.1 Å². The van der Waals surface area contributed by atoms with E-state index in [0.717, 1.165) is 29.6 Å². The lowest BCUT2D eigenvalue weighted by molar-refractivity contribution is 1.08. The van der Waals surface area contributed by atoms with Crippen molar-refractivity contribution in [3.8, 4) is 0 Å². The molecule has 2 aromatic carbocycles. The zero-order chi connectivity index (χ0) is 17.6. The lowest BCUT2D eigenvalue weighted by Crippen LogP contribution is -2.08. The summed E-state index contributed by atoms with van der Waals surface area (Å²) < 4.78 is 0. The van der Waals surface area contributed by atoms with Gasteiger partial charge in [0, 0.05) is 38.1 Å². The molecule has 0 amide bonds. The summed E-state index contributed by atoms with van der Waals surface area (Å²) in [6.45, 7) is 2.82. The van der Waals surface area contributed by atoms with Gasteiger partial charge in [0.2, 0.25) is 0 Å². The molecule has 0 saturated carbocycles. The van der Waals surface area contributed by atoms with Crippen LogP contribution in [0, 0.1) is 6.92 Å². The topological polar surface area (TPSA) is 53.1 Å². The van der Waals surface area contributed by atoms with Crippen molar-refractivity contribution in [2.75, 3.05) is 29.6 Å². The first-order valence-corrected chi connectivity index (χ1v) is 8.26. The number of hydrogen-bond acceptors (Lipinski definition) is 5. The molecule has 0 atom stereocenters. The van der Waals surface area contributed by atoms with Crippen molar-refractivity contribution < 1.29 is 0 Å². The van der Waals surface area contributed by atoms with Crippen LogP contribution in [0.25, 0.3) is 0 Å². The molecule has 25 heavy (non-hydrogen) atoms. The van der Waals surface area contributed by atoms with Crippen molar-refractivity contribution >= 4 is 23.0 Å². The maximum absolute atomic E-state index is 4.29. The van der Waals surface area contributed by atoms with Crippen LogP contribution in [0.4, 0.5) is 23.0 Å². The number of benzene rings is 2. The van der Waals surface area contributed by atoms with Gasteiger partial charge in [-0.25, -0.2) is 9.97 Å². The van der Waals surface area contributed by atoms with Gasteiger partial charge in [-0.1, -0.05) is 29.8 Å². The molecule has 1 heterocycles. The summed E-state index contributed by atoms with van der Waals surface area (Å²) in [7, 11) is 4.05. The Kier molecular flexibility index (Phi) is 5.14. The van der Waals surface area contributed by atoms with Gasteiger partial charge >= 0.3 is 0 Å². The van der Waals surface area contributed by atoms with Crippen LogP contribution in [0.5, 0.6) is 0 Å². The minimum absolute atomic E-state index is 0.730. The van der Waals surface area contributed by atoms with E-state index in [1.54, 1.807) is 6.33 Å². The second kappa shape index (κ2) is 7.66. The summed E-state index contributed by atoms with van der Waals surface area (Å²) in [6.07, 6.45) is 1.56. The molecule has 1 aromatic heterocycles. The molecular formula is C20H23N5. The summed E-state index contributed by atoms with van der Waals surface area (Å²) in [6, 6.07) is 18.6. The average Bonchev–Trinajstić information content (AvgIpc) is 2.62. The third-order valence-corrected chi connectivity index (χ3v) is 3.92. The Morgan fingerprint density at radius 1 is 0.880 bits per heavy atom. The summed E-state index contributed by atoms with van der Waals surface area (Å²) in [5.74, 6) is 1.56. The van der Waals surface area contributed by atoms with Gasteiger partial charge in [-0.05, 0) is 36.8 Å². The van der Waals surface area contributed by atoms with Gasteiger partial charge < -0.3 is 15.5 Å². The van der Waals surface area contributed by atoms with Crippen LogP contribution in [0.2, 0.25) is 0 Å². The zero-order valence-corrected chi connectivity index (χ0v) is 14.8. The van der Waals surface area contributed by atoms with E-state index in [4.69, 9.17) is 0 Å². The van der Waals surface area contributed by atoms with E-state index in [0.29, 0.717) is 0 Å². The quantitative estimate of drug-likeness (QED) is 0.708. The van der Waals surface area contributed by atoms with Crippen molar-refractivity contribution in [3.63, 3.8) is 0 Å². The maximum Gasteiger partial charge on any atom is 0.135 e. The Morgan fingerprint density at radius 2 is 1.56 bits per heavy atom. The second-order valence-electron chi connectivity index (χ2n) is 6.19. The molecule has 5 heteroatoms. The molecule has 0 aliphatic rings. The normalized spacial score (nSPS) is 10.4. The summed E-state index contributed by atoms with van der Waals surface area (Å²) in [5.41, 5.74) is 4.64. The minimum atomic E-state index is 0.730. The molecule has 2 N–H and O–H groups in total. The van der Waals surface area contributed by atoms with Crippen LogP contribution in [-0.4, -0.2) is 24.1 Å². The van der Waals surface area contributed by atoms with Gasteiger partial charge in [0.05, 0.1) is 0 Å². The fourth-order valence-electron chi connectivity index (χ4n) is 2.41. The fourth-order valence-corrected chi connectivity index (χ4v) is 2.41. The number of nitrogens with zero attached hydrogens (tertiary/aromatic N) is 3. The molecule has 0 radical (unpaired) electrons. The lowest BCUT2D eigenvalue weighted by Gasteiger charge is -2.13. The number of rotatable bonds is 6. The number of hydrogen-bond donors (Lipinski definition) is 2. The number of aromatic nitrogens is 2. The van der Waals surface area contributed by atoms with E-state index in [1.807, 2.05) is 32.3 Å². The Labute approximate surface area is 148 Å². The Balaban J connectivity index is 1.63. The summed E-state index contributed by atoms with van der Waals surface area (Å²) >= 11 is 0. The molecule has 0 unspecified atom stereocenters. The number of nitrogens with one attached hydrogen (secondary N) is 2. The predicted molar refractivity (Wildman–Crippen MR) is 105 cm³/mol. The Hall–Kier alpha value is -3.08. The van der Waals surface area contributed by atoms with Gasteiger partial charge in [0.25, 0.3) is 0 Å². The first-order chi connectivity index (χ1) is 12.1. The average molecular weight is 333 g/mol. The number of anilines is 4. The zero-order valence-electron chi connectivity index (χ0n) is 14.8. The SMILES string of the molecule is Cc1ccc(CNc2cc(Nc3ccc(N(C)C)cc3)ncn2)cc1. The van der Waals surface area contributed by atoms with Crippen LogP contribution in [0.1, 0.15) is 11.1 Å². The third kappa shape index (κ3) is 4.70. The van der Waals surface area contributed by atoms with E-state index < -0.39 is 0 Å². The maximum atomic E-state index is 4.29. The molecule has 0 aliphatic carbocycles. The third-order valence-electron chi connectivity index (χ3n) is 3.92. The first kappa shape index (κ1) is 16.8. The lowest BCUT2D eigenvalue weighted by atomic mass is 10.1. The minimum Gasteiger partial charge on any atom is -0.378 e. The molecule has 3 rings (SSSR count). The molecule has 0 aliphatic heterocycles. The second-order valence-corrected chi connectivity index (χ2v) is 6.19. The van der Waals surface area contributed by atoms with Gasteiger partial charge in [-0.15, -0.1) is 0 Å². The molecule has 5 nitrogen and oxygen atoms in total. The van der Waals surface area contributed by atoms with Crippen LogP contribution < -0.4 is 15.5 Å². The Morgan fingerprint density at radius 3 is 2.24 bits per heavy atom. The highest BCUT2D eigenvalue weighted by Crippen LogP contribution is 2.20. The van der Waals surface area contributed by atoms with E-state index in [9.17, 15) is 0 Å². The van der Waals surface area contributed by atoms with Crippen LogP contribution in [0.3, 0.4) is 0 Å². The van der Waals surface area contributed by atoms with E-state index in [-0.39, 0.29) is 0 Å². The van der Waals surface area contributed by atoms with E-state index >= 15 is 0 Å². The van der Waals surface area contributed by atoms with Gasteiger partial charge in [0.1, 0.15) is 18.0 Å². The summed E-state index contributed by atoms with van der Waals surface area (Å²) in [5, 5.41) is 6.64. The molecule has 0 bridgehead atoms. The highest BCUT2D eigenvalue weighted by atomic mass is 15.1. The molecule has 128 valence electrons. The van der Waals surface area contributed by atoms with Crippen LogP contribution in [-0.2, 0) is 6.54 Å². The highest BCUT2D eigenvalue weighted by Gasteiger charge is 2.01. The van der Waals surface area contributed by atoms with Crippen molar-refractivity contribution in [1.82, 2.24) is 9.97 Å². The van der Waals surface area contributed by atoms with Gasteiger partial charge in [-0.3, -0.25) is 0 Å². The van der Waals surface area contributed by atoms with E-state index in [2.05, 4.69) is 68.8 Å². The predicted octanol–water partition coefficient (Wildman–Crippen LogP) is 4.21.